The van der Waals surface area contributed by atoms with Crippen LogP contribution in [0, 0.1) is 0 Å². The van der Waals surface area contributed by atoms with Crippen molar-refractivity contribution in [3.8, 4) is 0 Å². The van der Waals surface area contributed by atoms with Crippen molar-refractivity contribution in [2.45, 2.75) is 0 Å². The summed E-state index contributed by atoms with van der Waals surface area (Å²) in [5.74, 6) is 0. The van der Waals surface area contributed by atoms with E-state index in [1.165, 1.54) is 0 Å². The average molecular weight is 214 g/mol. The second-order valence-corrected chi connectivity index (χ2v) is 0.283. The summed E-state index contributed by atoms with van der Waals surface area (Å²) in [6.45, 7) is 0. The molecule has 0 aromatic rings. The van der Waals surface area contributed by atoms with Crippen LogP contribution in [-0.4, -0.2) is 16.4 Å². The number of rotatable bonds is 0. The van der Waals surface area contributed by atoms with Gasteiger partial charge in [0.2, 0.25) is 0 Å². The van der Waals surface area contributed by atoms with Crippen LogP contribution in [0.2, 0.25) is 0 Å². The molecule has 0 aromatic carbocycles. The van der Waals surface area contributed by atoms with Crippen LogP contribution in [0.3, 0.4) is 0 Å². The zero-order valence-electron chi connectivity index (χ0n) is 3.18. The Morgan fingerprint density at radius 3 is 1.33 bits per heavy atom. The second-order valence-electron chi connectivity index (χ2n) is 0.283. The Morgan fingerprint density at radius 1 is 1.33 bits per heavy atom. The summed E-state index contributed by atoms with van der Waals surface area (Å²) >= 11 is 0. The van der Waals surface area contributed by atoms with Crippen LogP contribution >= 0.6 is 0 Å². The van der Waals surface area contributed by atoms with E-state index in [1.807, 2.05) is 0 Å². The number of hydrogen-bond acceptors (Lipinski definition) is 1. The molecule has 0 saturated heterocycles. The largest absolute Gasteiger partial charge is 1.00 e. The summed E-state index contributed by atoms with van der Waals surface area (Å²) in [5, 5.41) is 13.9. The molecule has 0 unspecified atom stereocenters. The Bertz CT molecular complexity index is 33.8. The maximum Gasteiger partial charge on any atom is 1.00 e. The zero-order valence-corrected chi connectivity index (χ0v) is 9.46. The normalized spacial score (nSPS) is 4.00. The average Bonchev–Trinajstić information content (AvgIpc) is 0.811. The van der Waals surface area contributed by atoms with Crippen LogP contribution < -0.4 is 73.6 Å². The molecule has 0 rings (SSSR count). The molecule has 0 saturated carbocycles. The van der Waals surface area contributed by atoms with Gasteiger partial charge in [-0.15, -0.1) is 0 Å². The quantitative estimate of drug-likeness (QED) is 0.422. The van der Waals surface area contributed by atoms with Crippen LogP contribution in [0.25, 0.3) is 0 Å². The fraction of sp³-hybridized carbons (Fsp3) is 0. The monoisotopic (exact) mass is 214 g/mol. The SMILES string of the molecule is O=C(O)O.[Cs+].[F-]. The van der Waals surface area contributed by atoms with Crippen molar-refractivity contribution in [2.75, 3.05) is 0 Å². The van der Waals surface area contributed by atoms with Gasteiger partial charge < -0.3 is 14.9 Å². The van der Waals surface area contributed by atoms with E-state index < -0.39 is 6.16 Å². The van der Waals surface area contributed by atoms with Crippen molar-refractivity contribution in [3.05, 3.63) is 0 Å². The predicted molar refractivity (Wildman–Crippen MR) is 10.7 cm³/mol. The van der Waals surface area contributed by atoms with Gasteiger partial charge in [0, 0.05) is 0 Å². The number of hydrogen-bond donors (Lipinski definition) is 2. The molecule has 0 fully saturated rings. The number of carbonyl (C=O) groups is 1. The Labute approximate surface area is 92.5 Å². The number of carboxylic acid groups (broad SMARTS) is 2. The fourth-order valence-electron chi connectivity index (χ4n) is 0. The molecule has 0 aliphatic carbocycles. The third-order valence-electron chi connectivity index (χ3n) is 0. The van der Waals surface area contributed by atoms with E-state index in [0.29, 0.717) is 0 Å². The Morgan fingerprint density at radius 2 is 1.33 bits per heavy atom. The van der Waals surface area contributed by atoms with Gasteiger partial charge >= 0.3 is 75.0 Å². The van der Waals surface area contributed by atoms with Crippen LogP contribution in [0.5, 0.6) is 0 Å². The van der Waals surface area contributed by atoms with Crippen LogP contribution in [0.15, 0.2) is 0 Å². The van der Waals surface area contributed by atoms with Crippen LogP contribution in [0.1, 0.15) is 0 Å². The minimum absolute atomic E-state index is 0. The van der Waals surface area contributed by atoms with E-state index in [2.05, 4.69) is 0 Å². The molecule has 0 bridgehead atoms. The molecule has 0 aliphatic rings. The van der Waals surface area contributed by atoms with Crippen molar-refractivity contribution < 1.29 is 88.6 Å². The molecule has 0 aromatic heterocycles. The molecular weight excluding hydrogens is 212 g/mol. The van der Waals surface area contributed by atoms with E-state index in [-0.39, 0.29) is 73.6 Å². The molecule has 3 nitrogen and oxygen atoms in total. The Kier molecular flexibility index (Phi) is 24.9. The van der Waals surface area contributed by atoms with Gasteiger partial charge in [0.1, 0.15) is 0 Å². The third-order valence-corrected chi connectivity index (χ3v) is 0. The summed E-state index contributed by atoms with van der Waals surface area (Å²) in [4.78, 5) is 8.56. The van der Waals surface area contributed by atoms with Gasteiger partial charge in [-0.3, -0.25) is 0 Å². The molecule has 6 heavy (non-hydrogen) atoms. The minimum Gasteiger partial charge on any atom is -1.00 e. The summed E-state index contributed by atoms with van der Waals surface area (Å²) in [7, 11) is 0. The molecule has 0 atom stereocenters. The summed E-state index contributed by atoms with van der Waals surface area (Å²) < 4.78 is 0. The standard InChI is InChI=1S/CH2O3.Cs.FH/c2-1(3)4;;/h(H2,2,3,4);;1H/q;+1;/p-1. The predicted octanol–water partition coefficient (Wildman–Crippen LogP) is -5.77. The summed E-state index contributed by atoms with van der Waals surface area (Å²) in [6.07, 6.45) is -1.83. The summed E-state index contributed by atoms with van der Waals surface area (Å²) in [6, 6.07) is 0. The topological polar surface area (TPSA) is 57.5 Å². The first-order chi connectivity index (χ1) is 1.73. The molecular formula is CH2CsFO3. The van der Waals surface area contributed by atoms with E-state index in [1.54, 1.807) is 0 Å². The van der Waals surface area contributed by atoms with Gasteiger partial charge in [0.05, 0.1) is 0 Å². The van der Waals surface area contributed by atoms with Crippen molar-refractivity contribution in [1.82, 2.24) is 0 Å². The zero-order chi connectivity index (χ0) is 3.58. The van der Waals surface area contributed by atoms with Gasteiger partial charge in [-0.25, -0.2) is 4.79 Å². The van der Waals surface area contributed by atoms with Gasteiger partial charge in [-0.1, -0.05) is 0 Å². The van der Waals surface area contributed by atoms with Gasteiger partial charge in [0.15, 0.2) is 0 Å². The first-order valence-electron chi connectivity index (χ1n) is 0.651. The van der Waals surface area contributed by atoms with Crippen molar-refractivity contribution in [1.29, 1.82) is 0 Å². The Balaban J connectivity index is -0.0000000450. The first kappa shape index (κ1) is 15.7. The van der Waals surface area contributed by atoms with E-state index >= 15 is 0 Å². The molecule has 0 radical (unpaired) electrons. The van der Waals surface area contributed by atoms with Crippen LogP contribution in [0.4, 0.5) is 4.79 Å². The molecule has 0 aliphatic heterocycles. The minimum atomic E-state index is -1.83. The Hall–Kier alpha value is 1.25. The van der Waals surface area contributed by atoms with E-state index in [0.717, 1.165) is 0 Å². The molecule has 0 spiro atoms. The van der Waals surface area contributed by atoms with Gasteiger partial charge in [0.25, 0.3) is 0 Å². The molecule has 0 heterocycles. The van der Waals surface area contributed by atoms with E-state index in [4.69, 9.17) is 15.0 Å². The molecule has 0 amide bonds. The maximum atomic E-state index is 8.56. The molecule has 32 valence electrons. The second kappa shape index (κ2) is 9.54. The molecule has 5 heteroatoms. The third kappa shape index (κ3) is 60.6. The smallest absolute Gasteiger partial charge is 1.00 e. The maximum absolute atomic E-state index is 8.56. The van der Waals surface area contributed by atoms with E-state index in [9.17, 15) is 0 Å². The van der Waals surface area contributed by atoms with Gasteiger partial charge in [-0.2, -0.15) is 0 Å². The van der Waals surface area contributed by atoms with Crippen LogP contribution in [-0.2, 0) is 0 Å². The number of halogens is 1. The van der Waals surface area contributed by atoms with Gasteiger partial charge in [-0.05, 0) is 0 Å². The van der Waals surface area contributed by atoms with Crippen molar-refractivity contribution in [3.63, 3.8) is 0 Å². The molecule has 2 N–H and O–H groups in total. The first-order valence-corrected chi connectivity index (χ1v) is 0.651. The fourth-order valence-corrected chi connectivity index (χ4v) is 0. The van der Waals surface area contributed by atoms with Crippen molar-refractivity contribution in [2.24, 2.45) is 0 Å². The van der Waals surface area contributed by atoms with Crippen molar-refractivity contribution >= 4 is 6.16 Å². The summed E-state index contributed by atoms with van der Waals surface area (Å²) in [5.41, 5.74) is 0.